The zero-order valence-electron chi connectivity index (χ0n) is 19.0. The molecule has 0 saturated carbocycles. The van der Waals surface area contributed by atoms with Crippen molar-refractivity contribution in [3.8, 4) is 16.9 Å². The third kappa shape index (κ3) is 4.77. The van der Waals surface area contributed by atoms with E-state index in [-0.39, 0.29) is 11.9 Å². The van der Waals surface area contributed by atoms with Crippen LogP contribution in [0.25, 0.3) is 11.1 Å². The van der Waals surface area contributed by atoms with Gasteiger partial charge < -0.3 is 20.1 Å². The lowest BCUT2D eigenvalue weighted by atomic mass is 9.92. The highest BCUT2D eigenvalue weighted by molar-refractivity contribution is 5.95. The summed E-state index contributed by atoms with van der Waals surface area (Å²) in [6, 6.07) is 4.61. The average molecular weight is 427 g/mol. The van der Waals surface area contributed by atoms with Gasteiger partial charge in [0.25, 0.3) is 0 Å². The van der Waals surface area contributed by atoms with Crippen molar-refractivity contribution in [2.45, 2.75) is 77.6 Å². The molecule has 4 rings (SSSR count). The molecule has 3 heterocycles. The molecule has 7 heteroatoms. The summed E-state index contributed by atoms with van der Waals surface area (Å²) in [5.74, 6) is 0.912. The molecular formula is C24H34N4O3. The van der Waals surface area contributed by atoms with Crippen LogP contribution in [0.3, 0.4) is 0 Å². The van der Waals surface area contributed by atoms with Crippen LogP contribution in [0.2, 0.25) is 0 Å². The van der Waals surface area contributed by atoms with E-state index in [0.717, 1.165) is 53.9 Å². The summed E-state index contributed by atoms with van der Waals surface area (Å²) in [5.41, 5.74) is 3.14. The summed E-state index contributed by atoms with van der Waals surface area (Å²) >= 11 is 0. The molecule has 0 spiro atoms. The molecule has 2 atom stereocenters. The van der Waals surface area contributed by atoms with E-state index < -0.39 is 5.60 Å². The molecule has 2 aromatic rings. The Bertz CT molecular complexity index is 941. The Morgan fingerprint density at radius 1 is 1.35 bits per heavy atom. The van der Waals surface area contributed by atoms with Gasteiger partial charge in [0.2, 0.25) is 5.91 Å². The molecule has 0 bridgehead atoms. The fraction of sp³-hybridized carbons (Fsp3) is 0.583. The Hall–Kier alpha value is -2.38. The number of benzene rings is 1. The quantitative estimate of drug-likeness (QED) is 0.742. The van der Waals surface area contributed by atoms with Crippen LogP contribution < -0.4 is 15.0 Å². The lowest BCUT2D eigenvalue weighted by Gasteiger charge is -2.36. The number of fused-ring (bicyclic) bond motifs is 1. The number of aliphatic hydroxyl groups is 1. The SMILES string of the molecule is CC(=O)N1c2ccc(-c3cnn(CC(C)(C)O)c3)c(OC[C@H]3CCCN3)c2CC[C@@H]1C. The van der Waals surface area contributed by atoms with Crippen LogP contribution in [-0.2, 0) is 17.8 Å². The molecule has 7 nitrogen and oxygen atoms in total. The van der Waals surface area contributed by atoms with Gasteiger partial charge >= 0.3 is 0 Å². The first kappa shape index (κ1) is 21.8. The average Bonchev–Trinajstić information content (AvgIpc) is 3.36. The predicted octanol–water partition coefficient (Wildman–Crippen LogP) is 3.14. The topological polar surface area (TPSA) is 79.6 Å². The summed E-state index contributed by atoms with van der Waals surface area (Å²) in [7, 11) is 0. The minimum Gasteiger partial charge on any atom is -0.491 e. The van der Waals surface area contributed by atoms with Crippen molar-refractivity contribution in [3.63, 3.8) is 0 Å². The number of amides is 1. The molecular weight excluding hydrogens is 392 g/mol. The highest BCUT2D eigenvalue weighted by Gasteiger charge is 2.30. The Morgan fingerprint density at radius 2 is 2.16 bits per heavy atom. The molecule has 31 heavy (non-hydrogen) atoms. The summed E-state index contributed by atoms with van der Waals surface area (Å²) in [4.78, 5) is 14.3. The number of nitrogens with one attached hydrogen (secondary N) is 1. The Morgan fingerprint density at radius 3 is 2.84 bits per heavy atom. The minimum absolute atomic E-state index is 0.0580. The van der Waals surface area contributed by atoms with Gasteiger partial charge in [0, 0.05) is 41.9 Å². The number of carbonyl (C=O) groups excluding carboxylic acids is 1. The van der Waals surface area contributed by atoms with Gasteiger partial charge in [0.1, 0.15) is 12.4 Å². The van der Waals surface area contributed by atoms with Crippen molar-refractivity contribution in [1.82, 2.24) is 15.1 Å². The van der Waals surface area contributed by atoms with Gasteiger partial charge in [0.05, 0.1) is 24.0 Å². The van der Waals surface area contributed by atoms with E-state index >= 15 is 0 Å². The second kappa shape index (κ2) is 8.63. The van der Waals surface area contributed by atoms with Crippen LogP contribution >= 0.6 is 0 Å². The molecule has 1 aromatic carbocycles. The molecule has 0 radical (unpaired) electrons. The number of carbonyl (C=O) groups is 1. The van der Waals surface area contributed by atoms with Crippen molar-refractivity contribution >= 4 is 11.6 Å². The predicted molar refractivity (Wildman–Crippen MR) is 121 cm³/mol. The second-order valence-corrected chi connectivity index (χ2v) is 9.56. The lowest BCUT2D eigenvalue weighted by Crippen LogP contribution is -2.41. The normalized spacial score (nSPS) is 21.3. The number of hydrogen-bond donors (Lipinski definition) is 2. The van der Waals surface area contributed by atoms with Crippen molar-refractivity contribution < 1.29 is 14.6 Å². The van der Waals surface area contributed by atoms with Crippen LogP contribution in [0.15, 0.2) is 24.5 Å². The summed E-state index contributed by atoms with van der Waals surface area (Å²) < 4.78 is 8.23. The van der Waals surface area contributed by atoms with Gasteiger partial charge in [-0.2, -0.15) is 5.10 Å². The van der Waals surface area contributed by atoms with E-state index in [9.17, 15) is 9.90 Å². The van der Waals surface area contributed by atoms with E-state index in [2.05, 4.69) is 17.3 Å². The van der Waals surface area contributed by atoms with Crippen LogP contribution in [0.4, 0.5) is 5.69 Å². The molecule has 2 N–H and O–H groups in total. The summed E-state index contributed by atoms with van der Waals surface area (Å²) in [5, 5.41) is 18.1. The smallest absolute Gasteiger partial charge is 0.224 e. The number of aromatic nitrogens is 2. The Balaban J connectivity index is 1.73. The van der Waals surface area contributed by atoms with Crippen LogP contribution in [0.5, 0.6) is 5.75 Å². The first-order chi connectivity index (χ1) is 14.7. The third-order valence-electron chi connectivity index (χ3n) is 6.17. The first-order valence-electron chi connectivity index (χ1n) is 11.3. The highest BCUT2D eigenvalue weighted by atomic mass is 16.5. The van der Waals surface area contributed by atoms with Crippen LogP contribution in [-0.4, -0.2) is 51.6 Å². The highest BCUT2D eigenvalue weighted by Crippen LogP contribution is 2.43. The van der Waals surface area contributed by atoms with Gasteiger partial charge in [-0.25, -0.2) is 0 Å². The zero-order valence-corrected chi connectivity index (χ0v) is 19.0. The Labute approximate surface area is 184 Å². The molecule has 2 aliphatic rings. The van der Waals surface area contributed by atoms with Crippen molar-refractivity contribution in [1.29, 1.82) is 0 Å². The fourth-order valence-corrected chi connectivity index (χ4v) is 4.75. The van der Waals surface area contributed by atoms with E-state index in [1.807, 2.05) is 29.4 Å². The maximum absolute atomic E-state index is 12.4. The van der Waals surface area contributed by atoms with E-state index in [0.29, 0.717) is 19.2 Å². The van der Waals surface area contributed by atoms with Crippen LogP contribution in [0, 0.1) is 0 Å². The molecule has 0 aliphatic carbocycles. The van der Waals surface area contributed by atoms with E-state index in [1.54, 1.807) is 25.5 Å². The number of ether oxygens (including phenoxy) is 1. The standard InChI is InChI=1S/C24H34N4O3/c1-16-7-8-21-22(28(16)17(2)29)10-9-20(23(21)31-14-19-6-5-11-25-19)18-12-26-27(13-18)15-24(3,4)30/h9-10,12-13,16,19,25,30H,5-8,11,14-15H2,1-4H3/t16-,19+/m0/s1. The van der Waals surface area contributed by atoms with E-state index in [1.165, 1.54) is 6.42 Å². The number of anilines is 1. The zero-order chi connectivity index (χ0) is 22.2. The van der Waals surface area contributed by atoms with E-state index in [4.69, 9.17) is 4.74 Å². The van der Waals surface area contributed by atoms with Gasteiger partial charge in [0.15, 0.2) is 0 Å². The van der Waals surface area contributed by atoms with Crippen molar-refractivity contribution in [2.24, 2.45) is 0 Å². The first-order valence-corrected chi connectivity index (χ1v) is 11.3. The monoisotopic (exact) mass is 426 g/mol. The maximum atomic E-state index is 12.4. The molecule has 1 fully saturated rings. The second-order valence-electron chi connectivity index (χ2n) is 9.56. The summed E-state index contributed by atoms with van der Waals surface area (Å²) in [6.07, 6.45) is 7.85. The lowest BCUT2D eigenvalue weighted by molar-refractivity contribution is -0.117. The molecule has 1 aromatic heterocycles. The third-order valence-corrected chi connectivity index (χ3v) is 6.17. The number of nitrogens with zero attached hydrogens (tertiary/aromatic N) is 3. The van der Waals surface area contributed by atoms with Crippen molar-refractivity contribution in [2.75, 3.05) is 18.1 Å². The largest absolute Gasteiger partial charge is 0.491 e. The Kier molecular flexibility index (Phi) is 6.08. The summed E-state index contributed by atoms with van der Waals surface area (Å²) in [6.45, 7) is 9.33. The fourth-order valence-electron chi connectivity index (χ4n) is 4.75. The van der Waals surface area contributed by atoms with Gasteiger partial charge in [-0.15, -0.1) is 0 Å². The van der Waals surface area contributed by atoms with Crippen LogP contribution in [0.1, 0.15) is 52.5 Å². The molecule has 168 valence electrons. The molecule has 0 unspecified atom stereocenters. The van der Waals surface area contributed by atoms with Gasteiger partial charge in [-0.1, -0.05) is 0 Å². The molecule has 1 amide bonds. The van der Waals surface area contributed by atoms with Gasteiger partial charge in [-0.3, -0.25) is 9.48 Å². The molecule has 2 aliphatic heterocycles. The minimum atomic E-state index is -0.843. The maximum Gasteiger partial charge on any atom is 0.224 e. The van der Waals surface area contributed by atoms with Gasteiger partial charge in [-0.05, 0) is 65.1 Å². The van der Waals surface area contributed by atoms with Crippen molar-refractivity contribution in [3.05, 3.63) is 30.1 Å². The molecule has 1 saturated heterocycles. The number of hydrogen-bond acceptors (Lipinski definition) is 5. The number of rotatable bonds is 6.